The Bertz CT molecular complexity index is 616. The highest BCUT2D eigenvalue weighted by atomic mass is 32.2. The highest BCUT2D eigenvalue weighted by Crippen LogP contribution is 2.34. The van der Waals surface area contributed by atoms with Crippen LogP contribution < -0.4 is 5.32 Å². The average Bonchev–Trinajstić information content (AvgIpc) is 2.40. The molecule has 1 heterocycles. The van der Waals surface area contributed by atoms with Crippen molar-refractivity contribution < 1.29 is 17.6 Å². The van der Waals surface area contributed by atoms with Crippen LogP contribution in [0.25, 0.3) is 0 Å². The van der Waals surface area contributed by atoms with Crippen molar-refractivity contribution in [1.82, 2.24) is 9.97 Å². The molecule has 20 heavy (non-hydrogen) atoms. The molecule has 0 amide bonds. The minimum absolute atomic E-state index is 0.0155. The summed E-state index contributed by atoms with van der Waals surface area (Å²) >= 11 is 0.808. The van der Waals surface area contributed by atoms with Crippen molar-refractivity contribution in [3.05, 3.63) is 41.8 Å². The Balaban J connectivity index is 2.39. The summed E-state index contributed by atoms with van der Waals surface area (Å²) in [5.74, 6) is -0.686. The molecule has 1 N–H and O–H groups in total. The van der Waals surface area contributed by atoms with E-state index in [0.717, 1.165) is 17.8 Å². The second-order valence-corrected chi connectivity index (χ2v) is 4.76. The number of rotatable bonds is 3. The fourth-order valence-electron chi connectivity index (χ4n) is 1.37. The molecule has 1 aromatic heterocycles. The van der Waals surface area contributed by atoms with Crippen LogP contribution in [-0.4, -0.2) is 17.0 Å². The summed E-state index contributed by atoms with van der Waals surface area (Å²) in [4.78, 5) is 7.40. The number of hydrogen-bond donors (Lipinski definition) is 1. The molecule has 1 aromatic carbocycles. The van der Waals surface area contributed by atoms with Gasteiger partial charge in [-0.25, -0.2) is 14.4 Å². The summed E-state index contributed by atoms with van der Waals surface area (Å²) in [5, 5.41) is 2.47. The first-order chi connectivity index (χ1) is 9.40. The van der Waals surface area contributed by atoms with Crippen molar-refractivity contribution in [1.29, 1.82) is 0 Å². The Morgan fingerprint density at radius 2 is 1.85 bits per heavy atom. The Morgan fingerprint density at radius 1 is 1.15 bits per heavy atom. The van der Waals surface area contributed by atoms with Gasteiger partial charge in [-0.05, 0) is 12.1 Å². The Kier molecular flexibility index (Phi) is 4.12. The Morgan fingerprint density at radius 3 is 2.45 bits per heavy atom. The van der Waals surface area contributed by atoms with E-state index in [1.54, 1.807) is 6.07 Å². The summed E-state index contributed by atoms with van der Waals surface area (Å²) < 4.78 is 51.6. The third-order valence-corrected chi connectivity index (χ3v) is 3.24. The van der Waals surface area contributed by atoms with E-state index in [2.05, 4.69) is 15.3 Å². The number of nitrogens with zero attached hydrogens (tertiary/aromatic N) is 2. The maximum absolute atomic E-state index is 13.5. The summed E-state index contributed by atoms with van der Waals surface area (Å²) in [6.07, 6.45) is -4.58. The van der Waals surface area contributed by atoms with Crippen LogP contribution in [0.5, 0.6) is 0 Å². The molecule has 0 unspecified atom stereocenters. The lowest BCUT2D eigenvalue weighted by atomic mass is 10.3. The van der Waals surface area contributed by atoms with E-state index < -0.39 is 17.7 Å². The molecule has 2 aromatic rings. The third-order valence-electron chi connectivity index (χ3n) is 2.27. The zero-order valence-corrected chi connectivity index (χ0v) is 11.0. The highest BCUT2D eigenvalue weighted by Gasteiger charge is 2.33. The van der Waals surface area contributed by atoms with E-state index >= 15 is 0 Å². The van der Waals surface area contributed by atoms with Crippen LogP contribution in [-0.2, 0) is 6.18 Å². The van der Waals surface area contributed by atoms with Gasteiger partial charge in [-0.15, -0.1) is 0 Å². The minimum Gasteiger partial charge on any atom is -0.357 e. The van der Waals surface area contributed by atoms with Crippen molar-refractivity contribution >= 4 is 17.7 Å². The molecule has 106 valence electrons. The van der Waals surface area contributed by atoms with Gasteiger partial charge in [0, 0.05) is 18.0 Å². The number of nitrogens with one attached hydrogen (secondary N) is 1. The Labute approximate surface area is 116 Å². The molecule has 3 nitrogen and oxygen atoms in total. The number of alkyl halides is 3. The van der Waals surface area contributed by atoms with E-state index in [0.29, 0.717) is 0 Å². The Hall–Kier alpha value is -1.83. The number of halogens is 4. The van der Waals surface area contributed by atoms with Crippen LogP contribution in [0.4, 0.5) is 23.5 Å². The maximum atomic E-state index is 13.5. The van der Waals surface area contributed by atoms with Crippen molar-refractivity contribution in [3.8, 4) is 0 Å². The summed E-state index contributed by atoms with van der Waals surface area (Å²) in [7, 11) is 1.41. The number of anilines is 1. The highest BCUT2D eigenvalue weighted by molar-refractivity contribution is 7.99. The van der Waals surface area contributed by atoms with E-state index in [1.807, 2.05) is 0 Å². The molecule has 0 saturated carbocycles. The molecule has 0 fully saturated rings. The third kappa shape index (κ3) is 3.38. The van der Waals surface area contributed by atoms with E-state index in [1.165, 1.54) is 25.2 Å². The molecular weight excluding hydrogens is 294 g/mol. The average molecular weight is 303 g/mol. The molecule has 0 aliphatic carbocycles. The first-order valence-corrected chi connectivity index (χ1v) is 6.28. The summed E-state index contributed by atoms with van der Waals surface area (Å²) in [6, 6.07) is 6.58. The monoisotopic (exact) mass is 303 g/mol. The molecule has 0 bridgehead atoms. The van der Waals surface area contributed by atoms with Crippen molar-refractivity contribution in [2.45, 2.75) is 16.1 Å². The van der Waals surface area contributed by atoms with Gasteiger partial charge in [-0.1, -0.05) is 23.9 Å². The van der Waals surface area contributed by atoms with Gasteiger partial charge in [0.25, 0.3) is 0 Å². The van der Waals surface area contributed by atoms with Crippen LogP contribution >= 0.6 is 11.8 Å². The molecule has 2 rings (SSSR count). The standard InChI is InChI=1S/C12H9F4N3S/c1-17-11-18-9(12(14,15)16)6-10(19-11)20-8-5-3-2-4-7(8)13/h2-6H,1H3,(H,17,18,19). The molecule has 0 spiro atoms. The molecule has 0 saturated heterocycles. The lowest BCUT2D eigenvalue weighted by Gasteiger charge is -2.10. The van der Waals surface area contributed by atoms with Crippen LogP contribution in [0.1, 0.15) is 5.69 Å². The van der Waals surface area contributed by atoms with E-state index in [4.69, 9.17) is 0 Å². The fraction of sp³-hybridized carbons (Fsp3) is 0.167. The van der Waals surface area contributed by atoms with Gasteiger partial charge in [0.1, 0.15) is 10.8 Å². The summed E-state index contributed by atoms with van der Waals surface area (Å²) in [6.45, 7) is 0. The van der Waals surface area contributed by atoms with Crippen molar-refractivity contribution in [3.63, 3.8) is 0 Å². The SMILES string of the molecule is CNc1nc(Sc2ccccc2F)cc(C(F)(F)F)n1. The number of hydrogen-bond acceptors (Lipinski definition) is 4. The quantitative estimate of drug-likeness (QED) is 0.691. The second kappa shape index (κ2) is 5.66. The molecule has 8 heteroatoms. The van der Waals surface area contributed by atoms with Gasteiger partial charge in [0.2, 0.25) is 5.95 Å². The molecule has 0 atom stereocenters. The topological polar surface area (TPSA) is 37.8 Å². The van der Waals surface area contributed by atoms with Gasteiger partial charge in [-0.3, -0.25) is 0 Å². The van der Waals surface area contributed by atoms with Crippen LogP contribution in [0.3, 0.4) is 0 Å². The zero-order valence-electron chi connectivity index (χ0n) is 10.2. The van der Waals surface area contributed by atoms with Gasteiger partial charge < -0.3 is 5.32 Å². The first kappa shape index (κ1) is 14.6. The van der Waals surface area contributed by atoms with Gasteiger partial charge >= 0.3 is 6.18 Å². The predicted octanol–water partition coefficient (Wildman–Crippen LogP) is 3.83. The molecule has 0 aliphatic rings. The van der Waals surface area contributed by atoms with Gasteiger partial charge in [0.15, 0.2) is 5.69 Å². The fourth-order valence-corrected chi connectivity index (χ4v) is 2.21. The first-order valence-electron chi connectivity index (χ1n) is 5.46. The molecular formula is C12H9F4N3S. The minimum atomic E-state index is -4.58. The van der Waals surface area contributed by atoms with E-state index in [-0.39, 0.29) is 15.9 Å². The lowest BCUT2D eigenvalue weighted by molar-refractivity contribution is -0.141. The van der Waals surface area contributed by atoms with Crippen LogP contribution in [0.2, 0.25) is 0 Å². The summed E-state index contributed by atoms with van der Waals surface area (Å²) in [5.41, 5.74) is -1.07. The number of aromatic nitrogens is 2. The van der Waals surface area contributed by atoms with Crippen LogP contribution in [0.15, 0.2) is 40.3 Å². The molecule has 0 radical (unpaired) electrons. The number of benzene rings is 1. The second-order valence-electron chi connectivity index (χ2n) is 3.70. The van der Waals surface area contributed by atoms with Crippen LogP contribution in [0, 0.1) is 5.82 Å². The lowest BCUT2D eigenvalue weighted by Crippen LogP contribution is -2.11. The largest absolute Gasteiger partial charge is 0.433 e. The maximum Gasteiger partial charge on any atom is 0.433 e. The predicted molar refractivity (Wildman–Crippen MR) is 67.1 cm³/mol. The smallest absolute Gasteiger partial charge is 0.357 e. The van der Waals surface area contributed by atoms with Gasteiger partial charge in [-0.2, -0.15) is 13.2 Å². The zero-order chi connectivity index (χ0) is 14.8. The van der Waals surface area contributed by atoms with Crippen molar-refractivity contribution in [2.75, 3.05) is 12.4 Å². The molecule has 0 aliphatic heterocycles. The van der Waals surface area contributed by atoms with Gasteiger partial charge in [0.05, 0.1) is 0 Å². The normalized spacial score (nSPS) is 11.4. The van der Waals surface area contributed by atoms with E-state index in [9.17, 15) is 17.6 Å². The van der Waals surface area contributed by atoms with Crippen molar-refractivity contribution in [2.24, 2.45) is 0 Å².